The summed E-state index contributed by atoms with van der Waals surface area (Å²) in [5, 5.41) is 0. The van der Waals surface area contributed by atoms with E-state index in [1.807, 2.05) is 19.9 Å². The minimum absolute atomic E-state index is 0.177. The van der Waals surface area contributed by atoms with Crippen molar-refractivity contribution in [2.75, 3.05) is 19.8 Å². The van der Waals surface area contributed by atoms with Gasteiger partial charge in [-0.25, -0.2) is 0 Å². The first-order valence-corrected chi connectivity index (χ1v) is 6.86. The van der Waals surface area contributed by atoms with Crippen molar-refractivity contribution in [3.05, 3.63) is 23.8 Å². The third-order valence-electron chi connectivity index (χ3n) is 3.86. The summed E-state index contributed by atoms with van der Waals surface area (Å²) in [5.41, 5.74) is 7.42. The Labute approximate surface area is 109 Å². The van der Waals surface area contributed by atoms with Crippen LogP contribution < -0.4 is 15.2 Å². The number of hydrogen-bond acceptors (Lipinski definition) is 3. The van der Waals surface area contributed by atoms with Crippen LogP contribution in [0.5, 0.6) is 11.5 Å². The minimum Gasteiger partial charge on any atom is -0.490 e. The van der Waals surface area contributed by atoms with Crippen molar-refractivity contribution in [1.29, 1.82) is 0 Å². The molecule has 1 aliphatic carbocycles. The van der Waals surface area contributed by atoms with Gasteiger partial charge in [0.15, 0.2) is 11.5 Å². The minimum atomic E-state index is 0.177. The zero-order chi connectivity index (χ0) is 13.0. The molecule has 100 valence electrons. The molecule has 18 heavy (non-hydrogen) atoms. The number of hydrogen-bond donors (Lipinski definition) is 1. The van der Waals surface area contributed by atoms with Crippen LogP contribution in [-0.4, -0.2) is 19.8 Å². The van der Waals surface area contributed by atoms with E-state index in [1.165, 1.54) is 24.8 Å². The summed E-state index contributed by atoms with van der Waals surface area (Å²) in [6, 6.07) is 6.26. The third-order valence-corrected chi connectivity index (χ3v) is 3.86. The maximum absolute atomic E-state index is 5.95. The third kappa shape index (κ3) is 2.32. The SMILES string of the molecule is CCOc1ccc(C2(CN)CCC2)cc1OCC. The van der Waals surface area contributed by atoms with Gasteiger partial charge < -0.3 is 15.2 Å². The maximum atomic E-state index is 5.95. The molecule has 0 atom stereocenters. The van der Waals surface area contributed by atoms with E-state index in [2.05, 4.69) is 12.1 Å². The van der Waals surface area contributed by atoms with Crippen molar-refractivity contribution in [2.45, 2.75) is 38.5 Å². The van der Waals surface area contributed by atoms with Gasteiger partial charge >= 0.3 is 0 Å². The van der Waals surface area contributed by atoms with Gasteiger partial charge in [0.05, 0.1) is 13.2 Å². The highest BCUT2D eigenvalue weighted by atomic mass is 16.5. The van der Waals surface area contributed by atoms with Crippen LogP contribution in [0.3, 0.4) is 0 Å². The normalized spacial score (nSPS) is 17.1. The van der Waals surface area contributed by atoms with Crippen LogP contribution in [0.15, 0.2) is 18.2 Å². The highest BCUT2D eigenvalue weighted by Crippen LogP contribution is 2.45. The lowest BCUT2D eigenvalue weighted by molar-refractivity contribution is 0.249. The molecule has 0 bridgehead atoms. The fraction of sp³-hybridized carbons (Fsp3) is 0.600. The summed E-state index contributed by atoms with van der Waals surface area (Å²) in [6.07, 6.45) is 3.64. The topological polar surface area (TPSA) is 44.5 Å². The molecule has 1 fully saturated rings. The fourth-order valence-electron chi connectivity index (χ4n) is 2.60. The molecule has 1 aromatic rings. The second-order valence-corrected chi connectivity index (χ2v) is 4.87. The molecule has 0 amide bonds. The van der Waals surface area contributed by atoms with Gasteiger partial charge in [0, 0.05) is 12.0 Å². The lowest BCUT2D eigenvalue weighted by Crippen LogP contribution is -2.41. The highest BCUT2D eigenvalue weighted by molar-refractivity contribution is 5.46. The summed E-state index contributed by atoms with van der Waals surface area (Å²) in [5.74, 6) is 1.67. The van der Waals surface area contributed by atoms with E-state index in [0.717, 1.165) is 11.5 Å². The Morgan fingerprint density at radius 3 is 2.28 bits per heavy atom. The van der Waals surface area contributed by atoms with E-state index in [-0.39, 0.29) is 5.41 Å². The molecule has 0 heterocycles. The smallest absolute Gasteiger partial charge is 0.161 e. The Balaban J connectivity index is 2.30. The van der Waals surface area contributed by atoms with Crippen LogP contribution >= 0.6 is 0 Å². The quantitative estimate of drug-likeness (QED) is 0.843. The van der Waals surface area contributed by atoms with Gasteiger partial charge in [0.1, 0.15) is 0 Å². The van der Waals surface area contributed by atoms with E-state index in [1.54, 1.807) is 0 Å². The van der Waals surface area contributed by atoms with E-state index >= 15 is 0 Å². The standard InChI is InChI=1S/C15H23NO2/c1-3-17-13-7-6-12(10-14(13)18-4-2)15(11-16)8-5-9-15/h6-7,10H,3-5,8-9,11,16H2,1-2H3. The molecule has 3 nitrogen and oxygen atoms in total. The lowest BCUT2D eigenvalue weighted by Gasteiger charge is -2.41. The lowest BCUT2D eigenvalue weighted by atomic mass is 9.64. The van der Waals surface area contributed by atoms with Crippen LogP contribution in [0, 0.1) is 0 Å². The molecule has 0 aromatic heterocycles. The van der Waals surface area contributed by atoms with Crippen LogP contribution in [0.1, 0.15) is 38.7 Å². The van der Waals surface area contributed by atoms with Gasteiger partial charge in [-0.15, -0.1) is 0 Å². The van der Waals surface area contributed by atoms with Crippen LogP contribution in [0.25, 0.3) is 0 Å². The predicted octanol–water partition coefficient (Wildman–Crippen LogP) is 2.86. The molecular weight excluding hydrogens is 226 g/mol. The van der Waals surface area contributed by atoms with Crippen molar-refractivity contribution in [3.8, 4) is 11.5 Å². The van der Waals surface area contributed by atoms with Crippen LogP contribution in [-0.2, 0) is 5.41 Å². The van der Waals surface area contributed by atoms with E-state index < -0.39 is 0 Å². The van der Waals surface area contributed by atoms with Crippen LogP contribution in [0.2, 0.25) is 0 Å². The van der Waals surface area contributed by atoms with Gasteiger partial charge in [-0.3, -0.25) is 0 Å². The molecule has 0 saturated heterocycles. The summed E-state index contributed by atoms with van der Waals surface area (Å²) in [6.45, 7) is 5.99. The average molecular weight is 249 g/mol. The molecule has 1 aliphatic rings. The summed E-state index contributed by atoms with van der Waals surface area (Å²) < 4.78 is 11.3. The van der Waals surface area contributed by atoms with E-state index in [9.17, 15) is 0 Å². The molecule has 3 heteroatoms. The van der Waals surface area contributed by atoms with Crippen molar-refractivity contribution >= 4 is 0 Å². The number of benzene rings is 1. The molecule has 2 N–H and O–H groups in total. The average Bonchev–Trinajstić information content (AvgIpc) is 2.32. The molecule has 0 radical (unpaired) electrons. The molecular formula is C15H23NO2. The molecule has 0 aliphatic heterocycles. The first-order valence-electron chi connectivity index (χ1n) is 6.86. The van der Waals surface area contributed by atoms with E-state index in [0.29, 0.717) is 19.8 Å². The van der Waals surface area contributed by atoms with Crippen molar-refractivity contribution < 1.29 is 9.47 Å². The van der Waals surface area contributed by atoms with Gasteiger partial charge in [-0.05, 0) is 44.4 Å². The fourth-order valence-corrected chi connectivity index (χ4v) is 2.60. The molecule has 0 spiro atoms. The zero-order valence-electron chi connectivity index (χ0n) is 11.4. The Bertz CT molecular complexity index is 394. The largest absolute Gasteiger partial charge is 0.490 e. The van der Waals surface area contributed by atoms with Gasteiger partial charge in [-0.2, -0.15) is 0 Å². The van der Waals surface area contributed by atoms with Crippen molar-refractivity contribution in [3.63, 3.8) is 0 Å². The predicted molar refractivity (Wildman–Crippen MR) is 73.4 cm³/mol. The number of nitrogens with two attached hydrogens (primary N) is 1. The monoisotopic (exact) mass is 249 g/mol. The van der Waals surface area contributed by atoms with Crippen molar-refractivity contribution in [2.24, 2.45) is 5.73 Å². The number of ether oxygens (including phenoxy) is 2. The molecule has 2 rings (SSSR count). The molecule has 1 saturated carbocycles. The second kappa shape index (κ2) is 5.61. The number of rotatable bonds is 6. The van der Waals surface area contributed by atoms with Gasteiger partial charge in [0.2, 0.25) is 0 Å². The summed E-state index contributed by atoms with van der Waals surface area (Å²) in [7, 11) is 0. The second-order valence-electron chi connectivity index (χ2n) is 4.87. The van der Waals surface area contributed by atoms with Crippen molar-refractivity contribution in [1.82, 2.24) is 0 Å². The van der Waals surface area contributed by atoms with Crippen LogP contribution in [0.4, 0.5) is 0 Å². The first kappa shape index (κ1) is 13.2. The maximum Gasteiger partial charge on any atom is 0.161 e. The van der Waals surface area contributed by atoms with E-state index in [4.69, 9.17) is 15.2 Å². The van der Waals surface area contributed by atoms with Gasteiger partial charge in [0.25, 0.3) is 0 Å². The molecule has 1 aromatic carbocycles. The summed E-state index contributed by atoms with van der Waals surface area (Å²) in [4.78, 5) is 0. The Hall–Kier alpha value is -1.22. The first-order chi connectivity index (χ1) is 8.75. The summed E-state index contributed by atoms with van der Waals surface area (Å²) >= 11 is 0. The Morgan fingerprint density at radius 1 is 1.11 bits per heavy atom. The Morgan fingerprint density at radius 2 is 1.78 bits per heavy atom. The zero-order valence-corrected chi connectivity index (χ0v) is 11.4. The van der Waals surface area contributed by atoms with Gasteiger partial charge in [-0.1, -0.05) is 12.5 Å². The highest BCUT2D eigenvalue weighted by Gasteiger charge is 2.37. The Kier molecular flexibility index (Phi) is 4.12. The molecule has 0 unspecified atom stereocenters.